The van der Waals surface area contributed by atoms with Gasteiger partial charge in [-0.1, -0.05) is 49.6 Å². The van der Waals surface area contributed by atoms with Crippen molar-refractivity contribution < 1.29 is 29.0 Å². The summed E-state index contributed by atoms with van der Waals surface area (Å²) in [4.78, 5) is 41.4. The van der Waals surface area contributed by atoms with Crippen LogP contribution in [0.2, 0.25) is 0 Å². The maximum absolute atomic E-state index is 13.8. The summed E-state index contributed by atoms with van der Waals surface area (Å²) in [5.41, 5.74) is 1.31. The number of nitrogens with one attached hydrogen (secondary N) is 2. The normalized spacial score (nSPS) is 12.7. The number of carbonyl (C=O) groups is 3. The third kappa shape index (κ3) is 9.37. The second-order valence-corrected chi connectivity index (χ2v) is 10.2. The number of carbonyl (C=O) groups excluding carboxylic acids is 3. The standard InChI is InChI=1S/C29H41N3O6/c1-7-8-9-17-32(27(35)24(19-33)31-28(36)38-29(3,4)5)25(21-12-10-11-20(2)18-21)26(34)30-22-13-15-23(37-6)16-14-22/h10-16,18,24-25,33H,7-9,17,19H2,1-6H3,(H,30,34)(H,31,36). The third-order valence-electron chi connectivity index (χ3n) is 5.73. The van der Waals surface area contributed by atoms with Gasteiger partial charge in [0, 0.05) is 12.2 Å². The van der Waals surface area contributed by atoms with Gasteiger partial charge in [0.15, 0.2) is 0 Å². The monoisotopic (exact) mass is 527 g/mol. The fourth-order valence-electron chi connectivity index (χ4n) is 3.93. The topological polar surface area (TPSA) is 117 Å². The Hall–Kier alpha value is -3.59. The lowest BCUT2D eigenvalue weighted by Crippen LogP contribution is -2.54. The molecule has 2 rings (SSSR count). The summed E-state index contributed by atoms with van der Waals surface area (Å²) in [6.07, 6.45) is 1.57. The molecule has 0 bridgehead atoms. The Kier molecular flexibility index (Phi) is 11.6. The molecule has 9 nitrogen and oxygen atoms in total. The molecule has 3 amide bonds. The van der Waals surface area contributed by atoms with E-state index in [4.69, 9.17) is 9.47 Å². The van der Waals surface area contributed by atoms with E-state index < -0.39 is 42.2 Å². The van der Waals surface area contributed by atoms with E-state index in [0.717, 1.165) is 18.4 Å². The number of nitrogens with zero attached hydrogens (tertiary/aromatic N) is 1. The second-order valence-electron chi connectivity index (χ2n) is 10.2. The van der Waals surface area contributed by atoms with Gasteiger partial charge < -0.3 is 30.1 Å². The predicted molar refractivity (Wildman–Crippen MR) is 147 cm³/mol. The van der Waals surface area contributed by atoms with Gasteiger partial charge in [-0.2, -0.15) is 0 Å². The van der Waals surface area contributed by atoms with Crippen molar-refractivity contribution in [3.8, 4) is 5.75 Å². The molecular weight excluding hydrogens is 486 g/mol. The molecule has 0 radical (unpaired) electrons. The highest BCUT2D eigenvalue weighted by Crippen LogP contribution is 2.26. The number of benzene rings is 2. The molecule has 0 aliphatic heterocycles. The first-order valence-electron chi connectivity index (χ1n) is 12.9. The Morgan fingerprint density at radius 1 is 1.05 bits per heavy atom. The van der Waals surface area contributed by atoms with Gasteiger partial charge >= 0.3 is 6.09 Å². The molecule has 0 saturated carbocycles. The molecule has 0 spiro atoms. The molecular formula is C29H41N3O6. The summed E-state index contributed by atoms with van der Waals surface area (Å²) in [5, 5.41) is 15.4. The zero-order valence-electron chi connectivity index (χ0n) is 23.2. The van der Waals surface area contributed by atoms with Crippen molar-refractivity contribution >= 4 is 23.6 Å². The van der Waals surface area contributed by atoms with Crippen molar-refractivity contribution in [2.24, 2.45) is 0 Å². The van der Waals surface area contributed by atoms with Crippen LogP contribution in [-0.2, 0) is 14.3 Å². The first-order chi connectivity index (χ1) is 18.0. The highest BCUT2D eigenvalue weighted by Gasteiger charge is 2.36. The average molecular weight is 528 g/mol. The number of rotatable bonds is 12. The predicted octanol–water partition coefficient (Wildman–Crippen LogP) is 4.59. The van der Waals surface area contributed by atoms with Crippen molar-refractivity contribution in [1.82, 2.24) is 10.2 Å². The smallest absolute Gasteiger partial charge is 0.408 e. The molecule has 0 heterocycles. The lowest BCUT2D eigenvalue weighted by molar-refractivity contribution is -0.141. The Balaban J connectivity index is 2.45. The number of aryl methyl sites for hydroxylation is 1. The van der Waals surface area contributed by atoms with Gasteiger partial charge in [0.25, 0.3) is 5.91 Å². The first-order valence-corrected chi connectivity index (χ1v) is 12.9. The lowest BCUT2D eigenvalue weighted by Gasteiger charge is -2.34. The highest BCUT2D eigenvalue weighted by atomic mass is 16.6. The Morgan fingerprint density at radius 2 is 1.74 bits per heavy atom. The van der Waals surface area contributed by atoms with Crippen LogP contribution in [0.15, 0.2) is 48.5 Å². The van der Waals surface area contributed by atoms with E-state index in [1.54, 1.807) is 58.2 Å². The van der Waals surface area contributed by atoms with Crippen LogP contribution in [0.1, 0.15) is 64.1 Å². The van der Waals surface area contributed by atoms with Gasteiger partial charge in [-0.3, -0.25) is 9.59 Å². The van der Waals surface area contributed by atoms with Crippen molar-refractivity contribution in [3.63, 3.8) is 0 Å². The summed E-state index contributed by atoms with van der Waals surface area (Å²) in [7, 11) is 1.56. The van der Waals surface area contributed by atoms with Gasteiger partial charge in [-0.15, -0.1) is 0 Å². The van der Waals surface area contributed by atoms with E-state index in [-0.39, 0.29) is 6.54 Å². The van der Waals surface area contributed by atoms with E-state index in [0.29, 0.717) is 23.4 Å². The molecule has 0 aliphatic carbocycles. The number of ether oxygens (including phenoxy) is 2. The molecule has 9 heteroatoms. The third-order valence-corrected chi connectivity index (χ3v) is 5.73. The number of hydrogen-bond donors (Lipinski definition) is 3. The molecule has 0 aliphatic rings. The number of anilines is 1. The number of amides is 3. The quantitative estimate of drug-likeness (QED) is 0.348. The van der Waals surface area contributed by atoms with Crippen LogP contribution in [0, 0.1) is 6.92 Å². The fraction of sp³-hybridized carbons (Fsp3) is 0.483. The van der Waals surface area contributed by atoms with Crippen molar-refractivity contribution in [2.45, 2.75) is 71.6 Å². The van der Waals surface area contributed by atoms with Gasteiger partial charge in [0.05, 0.1) is 13.7 Å². The van der Waals surface area contributed by atoms with Gasteiger partial charge in [-0.25, -0.2) is 4.79 Å². The van der Waals surface area contributed by atoms with E-state index in [1.165, 1.54) is 4.90 Å². The Morgan fingerprint density at radius 3 is 2.29 bits per heavy atom. The van der Waals surface area contributed by atoms with E-state index in [2.05, 4.69) is 10.6 Å². The van der Waals surface area contributed by atoms with Crippen LogP contribution in [0.3, 0.4) is 0 Å². The van der Waals surface area contributed by atoms with Gasteiger partial charge in [0.1, 0.15) is 23.4 Å². The number of aliphatic hydroxyl groups is 1. The van der Waals surface area contributed by atoms with Crippen LogP contribution in [0.25, 0.3) is 0 Å². The minimum atomic E-state index is -1.28. The number of methoxy groups -OCH3 is 1. The molecule has 2 unspecified atom stereocenters. The van der Waals surface area contributed by atoms with Crippen LogP contribution in [-0.4, -0.2) is 59.8 Å². The van der Waals surface area contributed by atoms with Crippen LogP contribution in [0.5, 0.6) is 5.75 Å². The molecule has 2 atom stereocenters. The Bertz CT molecular complexity index is 1060. The maximum atomic E-state index is 13.8. The number of hydrogen-bond acceptors (Lipinski definition) is 6. The SMILES string of the molecule is CCCCCN(C(=O)C(CO)NC(=O)OC(C)(C)C)C(C(=O)Nc1ccc(OC)cc1)c1cccc(C)c1. The average Bonchev–Trinajstić information content (AvgIpc) is 2.85. The summed E-state index contributed by atoms with van der Waals surface area (Å²) in [6.45, 7) is 8.67. The molecule has 0 saturated heterocycles. The number of aliphatic hydroxyl groups excluding tert-OH is 1. The first kappa shape index (κ1) is 30.6. The molecule has 208 valence electrons. The van der Waals surface area contributed by atoms with Crippen molar-refractivity contribution in [2.75, 3.05) is 25.6 Å². The Labute approximate surface area is 225 Å². The molecule has 0 aromatic heterocycles. The largest absolute Gasteiger partial charge is 0.497 e. The summed E-state index contributed by atoms with van der Waals surface area (Å²) >= 11 is 0. The summed E-state index contributed by atoms with van der Waals surface area (Å²) < 4.78 is 10.5. The van der Waals surface area contributed by atoms with Crippen molar-refractivity contribution in [3.05, 3.63) is 59.7 Å². The summed E-state index contributed by atoms with van der Waals surface area (Å²) in [5.74, 6) is -0.348. The highest BCUT2D eigenvalue weighted by molar-refractivity contribution is 5.99. The second kappa shape index (κ2) is 14.4. The minimum Gasteiger partial charge on any atom is -0.497 e. The van der Waals surface area contributed by atoms with E-state index in [1.807, 2.05) is 32.0 Å². The zero-order chi connectivity index (χ0) is 28.3. The molecule has 2 aromatic carbocycles. The minimum absolute atomic E-state index is 0.258. The zero-order valence-corrected chi connectivity index (χ0v) is 23.2. The maximum Gasteiger partial charge on any atom is 0.408 e. The van der Waals surface area contributed by atoms with Crippen LogP contribution < -0.4 is 15.4 Å². The molecule has 2 aromatic rings. The van der Waals surface area contributed by atoms with E-state index >= 15 is 0 Å². The molecule has 3 N–H and O–H groups in total. The fourth-order valence-corrected chi connectivity index (χ4v) is 3.93. The molecule has 0 fully saturated rings. The number of alkyl carbamates (subject to hydrolysis) is 1. The van der Waals surface area contributed by atoms with Crippen LogP contribution in [0.4, 0.5) is 10.5 Å². The van der Waals surface area contributed by atoms with E-state index in [9.17, 15) is 19.5 Å². The number of unbranched alkanes of at least 4 members (excludes halogenated alkanes) is 2. The summed E-state index contributed by atoms with van der Waals surface area (Å²) in [6, 6.07) is 12.0. The van der Waals surface area contributed by atoms with Gasteiger partial charge in [0.2, 0.25) is 5.91 Å². The lowest BCUT2D eigenvalue weighted by atomic mass is 10.00. The van der Waals surface area contributed by atoms with Gasteiger partial charge in [-0.05, 0) is 63.9 Å². The van der Waals surface area contributed by atoms with Crippen molar-refractivity contribution in [1.29, 1.82) is 0 Å². The molecule has 38 heavy (non-hydrogen) atoms. The van der Waals surface area contributed by atoms with Crippen LogP contribution >= 0.6 is 0 Å².